The first-order chi connectivity index (χ1) is 3.77. The van der Waals surface area contributed by atoms with Gasteiger partial charge in [0.2, 0.25) is 6.54 Å². The summed E-state index contributed by atoms with van der Waals surface area (Å²) >= 11 is 0. The molecule has 0 bridgehead atoms. The van der Waals surface area contributed by atoms with E-state index in [1.54, 1.807) is 6.92 Å². The van der Waals surface area contributed by atoms with Crippen molar-refractivity contribution in [3.8, 4) is 0 Å². The van der Waals surface area contributed by atoms with Gasteiger partial charge in [0.15, 0.2) is 0 Å². The van der Waals surface area contributed by atoms with E-state index in [0.717, 1.165) is 0 Å². The third-order valence-corrected chi connectivity index (χ3v) is 0.406. The molecule has 0 fully saturated rings. The highest BCUT2D eigenvalue weighted by molar-refractivity contribution is 5.10. The molecule has 0 rings (SSSR count). The number of rotatable bonds is 2. The van der Waals surface area contributed by atoms with Crippen molar-refractivity contribution in [3.63, 3.8) is 0 Å². The van der Waals surface area contributed by atoms with Gasteiger partial charge in [-0.15, -0.1) is 0 Å². The molecule has 0 saturated heterocycles. The first-order valence-corrected chi connectivity index (χ1v) is 2.18. The van der Waals surface area contributed by atoms with Gasteiger partial charge in [-0.25, -0.2) is 0 Å². The Morgan fingerprint density at radius 3 is 2.00 bits per heavy atom. The molecular weight excluding hydrogens is 110 g/mol. The van der Waals surface area contributed by atoms with Gasteiger partial charge in [0, 0.05) is 11.3 Å². The lowest BCUT2D eigenvalue weighted by Gasteiger charge is -1.80. The van der Waals surface area contributed by atoms with Gasteiger partial charge in [0.25, 0.3) is 0 Å². The van der Waals surface area contributed by atoms with Crippen molar-refractivity contribution in [1.29, 1.82) is 0 Å². The molecule has 0 aliphatic heterocycles. The normalized spacial score (nSPS) is 6.62. The molecule has 0 aromatic rings. The first-order valence-electron chi connectivity index (χ1n) is 2.18. The lowest BCUT2D eigenvalue weighted by atomic mass is 10.5. The summed E-state index contributed by atoms with van der Waals surface area (Å²) in [6, 6.07) is 0. The summed E-state index contributed by atoms with van der Waals surface area (Å²) in [6.07, 6.45) is 0.632. The average molecular weight is 119 g/mol. The van der Waals surface area contributed by atoms with E-state index in [1.165, 1.54) is 0 Å². The molecule has 8 heavy (non-hydrogen) atoms. The molecule has 0 saturated carbocycles. The molecule has 4 heteroatoms. The zero-order valence-corrected chi connectivity index (χ0v) is 4.79. The molecule has 0 aliphatic rings. The number of carbonyl (C=O) groups is 1. The summed E-state index contributed by atoms with van der Waals surface area (Å²) in [5.41, 5.74) is 0. The van der Waals surface area contributed by atoms with Crippen LogP contribution in [-0.4, -0.2) is 18.3 Å². The lowest BCUT2D eigenvalue weighted by Crippen LogP contribution is -1.96. The van der Waals surface area contributed by atoms with Crippen LogP contribution in [0.2, 0.25) is 0 Å². The fraction of sp³-hybridized carbons (Fsp3) is 0.750. The smallest absolute Gasteiger partial charge is 0.203 e. The third-order valence-electron chi connectivity index (χ3n) is 0.406. The van der Waals surface area contributed by atoms with Gasteiger partial charge < -0.3 is 4.79 Å². The summed E-state index contributed by atoms with van der Waals surface area (Å²) in [6.45, 7) is 3.88. The molecule has 0 N–H and O–H groups in total. The third kappa shape index (κ3) is 19.6. The topological polar surface area (TPSA) is 60.2 Å². The van der Waals surface area contributed by atoms with Crippen LogP contribution in [0.4, 0.5) is 0 Å². The van der Waals surface area contributed by atoms with E-state index in [1.807, 2.05) is 6.79 Å². The average Bonchev–Trinajstić information content (AvgIpc) is 1.72. The van der Waals surface area contributed by atoms with E-state index in [4.69, 9.17) is 4.79 Å². The molecule has 0 aliphatic carbocycles. The molecule has 4 nitrogen and oxygen atoms in total. The first kappa shape index (κ1) is 10.1. The molecular formula is C4H9NO3. The summed E-state index contributed by atoms with van der Waals surface area (Å²) < 4.78 is 0. The number of hydrogen-bond acceptors (Lipinski definition) is 3. The molecule has 0 amide bonds. The quantitative estimate of drug-likeness (QED) is 0.392. The second-order valence-electron chi connectivity index (χ2n) is 1.06. The van der Waals surface area contributed by atoms with Crippen LogP contribution in [0.1, 0.15) is 13.3 Å². The molecule has 0 heterocycles. The van der Waals surface area contributed by atoms with Gasteiger partial charge in [0.05, 0.1) is 0 Å². The number of hydrogen-bond donors (Lipinski definition) is 0. The molecule has 0 unspecified atom stereocenters. The zero-order valence-electron chi connectivity index (χ0n) is 4.79. The molecule has 0 radical (unpaired) electrons. The van der Waals surface area contributed by atoms with Crippen LogP contribution in [0.3, 0.4) is 0 Å². The maximum atomic E-state index is 9.40. The standard InChI is InChI=1S/C3H7NO2.CH2O/c1-2-3-4(5)6;1-2/h2-3H2,1H3;1H2. The Bertz CT molecular complexity index is 64.3. The Kier molecular flexibility index (Phi) is 11.9. The summed E-state index contributed by atoms with van der Waals surface area (Å²) in [7, 11) is 0. The molecule has 0 aromatic carbocycles. The van der Waals surface area contributed by atoms with E-state index < -0.39 is 0 Å². The van der Waals surface area contributed by atoms with Crippen LogP contribution in [0.15, 0.2) is 0 Å². The van der Waals surface area contributed by atoms with Crippen LogP contribution < -0.4 is 0 Å². The van der Waals surface area contributed by atoms with E-state index in [9.17, 15) is 10.1 Å². The highest BCUT2D eigenvalue weighted by atomic mass is 16.6. The van der Waals surface area contributed by atoms with E-state index in [0.29, 0.717) is 6.42 Å². The monoisotopic (exact) mass is 119 g/mol. The molecule has 0 spiro atoms. The van der Waals surface area contributed by atoms with Crippen molar-refractivity contribution in [3.05, 3.63) is 10.1 Å². The van der Waals surface area contributed by atoms with Gasteiger partial charge in [-0.2, -0.15) is 0 Å². The van der Waals surface area contributed by atoms with Gasteiger partial charge in [-0.05, 0) is 0 Å². The van der Waals surface area contributed by atoms with Crippen molar-refractivity contribution >= 4 is 6.79 Å². The van der Waals surface area contributed by atoms with Gasteiger partial charge in [-0.3, -0.25) is 10.1 Å². The van der Waals surface area contributed by atoms with Crippen molar-refractivity contribution in [2.75, 3.05) is 6.54 Å². The fourth-order valence-electron chi connectivity index (χ4n) is 0.183. The largest absolute Gasteiger partial charge is 0.307 e. The van der Waals surface area contributed by atoms with Crippen LogP contribution in [0.25, 0.3) is 0 Å². The van der Waals surface area contributed by atoms with Crippen LogP contribution in [0.5, 0.6) is 0 Å². The van der Waals surface area contributed by atoms with Gasteiger partial charge in [0.1, 0.15) is 6.79 Å². The molecule has 0 atom stereocenters. The van der Waals surface area contributed by atoms with E-state index >= 15 is 0 Å². The summed E-state index contributed by atoms with van der Waals surface area (Å²) in [5.74, 6) is 0. The highest BCUT2D eigenvalue weighted by Crippen LogP contribution is 1.72. The van der Waals surface area contributed by atoms with Gasteiger partial charge >= 0.3 is 0 Å². The Hall–Kier alpha value is -0.930. The Labute approximate surface area is 47.7 Å². The van der Waals surface area contributed by atoms with E-state index in [-0.39, 0.29) is 11.5 Å². The highest BCUT2D eigenvalue weighted by Gasteiger charge is 1.85. The van der Waals surface area contributed by atoms with Crippen LogP contribution in [0, 0.1) is 10.1 Å². The molecule has 48 valence electrons. The Balaban J connectivity index is 0. The molecule has 0 aromatic heterocycles. The fourth-order valence-corrected chi connectivity index (χ4v) is 0.183. The van der Waals surface area contributed by atoms with Crippen LogP contribution >= 0.6 is 0 Å². The minimum absolute atomic E-state index is 0.0972. The van der Waals surface area contributed by atoms with Crippen LogP contribution in [-0.2, 0) is 4.79 Å². The van der Waals surface area contributed by atoms with Crippen molar-refractivity contribution in [1.82, 2.24) is 0 Å². The SMILES string of the molecule is C=O.CCC[N+](=O)[O-]. The maximum absolute atomic E-state index is 9.40. The predicted molar refractivity (Wildman–Crippen MR) is 29.3 cm³/mol. The predicted octanol–water partition coefficient (Wildman–Crippen LogP) is 0.488. The Morgan fingerprint density at radius 1 is 1.62 bits per heavy atom. The summed E-state index contributed by atoms with van der Waals surface area (Å²) in [5, 5.41) is 9.40. The Morgan fingerprint density at radius 2 is 2.00 bits per heavy atom. The second-order valence-corrected chi connectivity index (χ2v) is 1.06. The lowest BCUT2D eigenvalue weighted by molar-refractivity contribution is -0.479. The van der Waals surface area contributed by atoms with Crippen molar-refractivity contribution < 1.29 is 9.72 Å². The van der Waals surface area contributed by atoms with Crippen molar-refractivity contribution in [2.45, 2.75) is 13.3 Å². The second kappa shape index (κ2) is 9.42. The minimum Gasteiger partial charge on any atom is -0.307 e. The minimum atomic E-state index is -0.319. The van der Waals surface area contributed by atoms with Gasteiger partial charge in [-0.1, -0.05) is 6.92 Å². The number of carbonyl (C=O) groups excluding carboxylic acids is 1. The van der Waals surface area contributed by atoms with E-state index in [2.05, 4.69) is 0 Å². The zero-order chi connectivity index (χ0) is 6.99. The number of nitrogens with zero attached hydrogens (tertiary/aromatic N) is 1. The summed E-state index contributed by atoms with van der Waals surface area (Å²) in [4.78, 5) is 17.1. The van der Waals surface area contributed by atoms with Crippen molar-refractivity contribution in [2.24, 2.45) is 0 Å². The number of nitro groups is 1. The maximum Gasteiger partial charge on any atom is 0.203 e.